The third-order valence-corrected chi connectivity index (χ3v) is 9.35. The average Bonchev–Trinajstić information content (AvgIpc) is 3.34. The Bertz CT molecular complexity index is 1310. The molecule has 186 valence electrons. The number of aromatic nitrogens is 2. The number of amides is 1. The van der Waals surface area contributed by atoms with Crippen molar-refractivity contribution in [3.63, 3.8) is 0 Å². The number of sulfonamides is 1. The van der Waals surface area contributed by atoms with Crippen molar-refractivity contribution in [2.75, 3.05) is 26.2 Å². The molecule has 1 amide bonds. The van der Waals surface area contributed by atoms with E-state index in [4.69, 9.17) is 4.52 Å². The van der Waals surface area contributed by atoms with E-state index in [1.54, 1.807) is 4.90 Å². The molecule has 8 nitrogen and oxygen atoms in total. The molecule has 0 spiro atoms. The molecule has 1 aliphatic heterocycles. The van der Waals surface area contributed by atoms with Gasteiger partial charge in [0.05, 0.1) is 4.90 Å². The lowest BCUT2D eigenvalue weighted by molar-refractivity contribution is -0.132. The molecule has 0 bridgehead atoms. The lowest BCUT2D eigenvalue weighted by Gasteiger charge is -2.35. The average molecular weight is 497 g/mol. The molecule has 0 saturated carbocycles. The summed E-state index contributed by atoms with van der Waals surface area (Å²) in [4.78, 5) is 19.3. The van der Waals surface area contributed by atoms with Gasteiger partial charge in [-0.3, -0.25) is 4.79 Å². The SMILES string of the molecule is Cc1c(C)c(C)c(S(=O)(=O)N2CCN(C(=O)CCc3nc(-c4ccccc4)no3)CC2)c(C)c1C. The maximum Gasteiger partial charge on any atom is 0.243 e. The zero-order chi connectivity index (χ0) is 25.3. The van der Waals surface area contributed by atoms with Gasteiger partial charge in [-0.05, 0) is 62.4 Å². The van der Waals surface area contributed by atoms with Gasteiger partial charge in [-0.1, -0.05) is 35.5 Å². The van der Waals surface area contributed by atoms with Crippen LogP contribution in [-0.4, -0.2) is 59.8 Å². The van der Waals surface area contributed by atoms with Crippen LogP contribution >= 0.6 is 0 Å². The molecule has 0 unspecified atom stereocenters. The first-order chi connectivity index (χ1) is 16.6. The van der Waals surface area contributed by atoms with E-state index in [1.807, 2.05) is 65.0 Å². The van der Waals surface area contributed by atoms with Crippen LogP contribution in [0, 0.1) is 34.6 Å². The van der Waals surface area contributed by atoms with Crippen molar-refractivity contribution in [3.8, 4) is 11.4 Å². The Morgan fingerprint density at radius 3 is 2.06 bits per heavy atom. The summed E-state index contributed by atoms with van der Waals surface area (Å²) in [6.45, 7) is 11.0. The van der Waals surface area contributed by atoms with Gasteiger partial charge in [-0.25, -0.2) is 8.42 Å². The van der Waals surface area contributed by atoms with Gasteiger partial charge in [-0.15, -0.1) is 0 Å². The number of carbonyl (C=O) groups is 1. The number of benzene rings is 2. The van der Waals surface area contributed by atoms with Crippen LogP contribution in [0.4, 0.5) is 0 Å². The van der Waals surface area contributed by atoms with Crippen molar-refractivity contribution >= 4 is 15.9 Å². The van der Waals surface area contributed by atoms with Crippen molar-refractivity contribution in [2.45, 2.75) is 52.4 Å². The predicted octanol–water partition coefficient (Wildman–Crippen LogP) is 3.74. The molecule has 1 fully saturated rings. The monoisotopic (exact) mass is 496 g/mol. The van der Waals surface area contributed by atoms with E-state index < -0.39 is 10.0 Å². The van der Waals surface area contributed by atoms with E-state index in [2.05, 4.69) is 10.1 Å². The Kier molecular flexibility index (Phi) is 7.10. The first-order valence-electron chi connectivity index (χ1n) is 11.8. The number of aryl methyl sites for hydroxylation is 1. The smallest absolute Gasteiger partial charge is 0.243 e. The fraction of sp³-hybridized carbons (Fsp3) is 0.423. The van der Waals surface area contributed by atoms with Gasteiger partial charge in [0.1, 0.15) is 0 Å². The zero-order valence-corrected chi connectivity index (χ0v) is 21.8. The van der Waals surface area contributed by atoms with Crippen LogP contribution < -0.4 is 0 Å². The van der Waals surface area contributed by atoms with E-state index in [1.165, 1.54) is 4.31 Å². The van der Waals surface area contributed by atoms with E-state index >= 15 is 0 Å². The number of hydrogen-bond acceptors (Lipinski definition) is 6. The second kappa shape index (κ2) is 9.91. The fourth-order valence-electron chi connectivity index (χ4n) is 4.59. The molecule has 0 N–H and O–H groups in total. The quantitative estimate of drug-likeness (QED) is 0.516. The highest BCUT2D eigenvalue weighted by atomic mass is 32.2. The summed E-state index contributed by atoms with van der Waals surface area (Å²) >= 11 is 0. The Balaban J connectivity index is 1.38. The molecule has 1 aliphatic rings. The maximum absolute atomic E-state index is 13.5. The van der Waals surface area contributed by atoms with E-state index in [0.717, 1.165) is 33.4 Å². The summed E-state index contributed by atoms with van der Waals surface area (Å²) in [6.07, 6.45) is 0.579. The standard InChI is InChI=1S/C26H32N4O4S/c1-17-18(2)20(4)25(21(5)19(17)3)35(32,33)30-15-13-29(14-16-30)24(31)12-11-23-27-26(28-34-23)22-9-7-6-8-10-22/h6-10H,11-16H2,1-5H3. The van der Waals surface area contributed by atoms with Crippen molar-refractivity contribution in [2.24, 2.45) is 0 Å². The molecule has 9 heteroatoms. The topological polar surface area (TPSA) is 96.6 Å². The number of hydrogen-bond donors (Lipinski definition) is 0. The molecule has 0 radical (unpaired) electrons. The normalized spacial score (nSPS) is 14.9. The minimum atomic E-state index is -3.65. The van der Waals surface area contributed by atoms with Crippen molar-refractivity contribution in [1.29, 1.82) is 0 Å². The van der Waals surface area contributed by atoms with E-state index in [0.29, 0.717) is 36.1 Å². The van der Waals surface area contributed by atoms with Gasteiger partial charge in [0.25, 0.3) is 0 Å². The second-order valence-electron chi connectivity index (χ2n) is 9.12. The molecule has 2 heterocycles. The minimum Gasteiger partial charge on any atom is -0.340 e. The summed E-state index contributed by atoms with van der Waals surface area (Å²) in [6, 6.07) is 9.52. The molecule has 1 aromatic heterocycles. The van der Waals surface area contributed by atoms with Gasteiger partial charge < -0.3 is 9.42 Å². The van der Waals surface area contributed by atoms with Crippen LogP contribution in [0.2, 0.25) is 0 Å². The van der Waals surface area contributed by atoms with Crippen LogP contribution in [0.3, 0.4) is 0 Å². The molecule has 0 aliphatic carbocycles. The highest BCUT2D eigenvalue weighted by molar-refractivity contribution is 7.89. The first kappa shape index (κ1) is 25.1. The molecule has 3 aromatic rings. The summed E-state index contributed by atoms with van der Waals surface area (Å²) in [5.74, 6) is 0.865. The minimum absolute atomic E-state index is 0.0455. The lowest BCUT2D eigenvalue weighted by atomic mass is 9.95. The van der Waals surface area contributed by atoms with Crippen LogP contribution in [-0.2, 0) is 21.2 Å². The highest BCUT2D eigenvalue weighted by Crippen LogP contribution is 2.32. The van der Waals surface area contributed by atoms with Crippen LogP contribution in [0.15, 0.2) is 39.8 Å². The van der Waals surface area contributed by atoms with Crippen molar-refractivity contribution < 1.29 is 17.7 Å². The van der Waals surface area contributed by atoms with Gasteiger partial charge >= 0.3 is 0 Å². The maximum atomic E-state index is 13.5. The third-order valence-electron chi connectivity index (χ3n) is 7.17. The molecular formula is C26H32N4O4S. The van der Waals surface area contributed by atoms with Gasteiger partial charge in [0.15, 0.2) is 0 Å². The molecular weight excluding hydrogens is 464 g/mol. The van der Waals surface area contributed by atoms with E-state index in [9.17, 15) is 13.2 Å². The Hall–Kier alpha value is -3.04. The van der Waals surface area contributed by atoms with Crippen LogP contribution in [0.1, 0.15) is 40.1 Å². The summed E-state index contributed by atoms with van der Waals surface area (Å²) in [7, 11) is -3.65. The molecule has 2 aromatic carbocycles. The first-order valence-corrected chi connectivity index (χ1v) is 13.3. The van der Waals surface area contributed by atoms with Crippen LogP contribution in [0.5, 0.6) is 0 Å². The second-order valence-corrected chi connectivity index (χ2v) is 11.0. The number of piperazine rings is 1. The predicted molar refractivity (Wildman–Crippen MR) is 134 cm³/mol. The lowest BCUT2D eigenvalue weighted by Crippen LogP contribution is -2.50. The molecule has 35 heavy (non-hydrogen) atoms. The third kappa shape index (κ3) is 4.88. The summed E-state index contributed by atoms with van der Waals surface area (Å²) in [5, 5.41) is 3.99. The fourth-order valence-corrected chi connectivity index (χ4v) is 6.57. The van der Waals surface area contributed by atoms with Gasteiger partial charge in [-0.2, -0.15) is 9.29 Å². The van der Waals surface area contributed by atoms with Gasteiger partial charge in [0, 0.05) is 44.6 Å². The van der Waals surface area contributed by atoms with E-state index in [-0.39, 0.29) is 25.4 Å². The summed E-state index contributed by atoms with van der Waals surface area (Å²) in [5.41, 5.74) is 5.62. The Morgan fingerprint density at radius 1 is 0.886 bits per heavy atom. The van der Waals surface area contributed by atoms with Crippen molar-refractivity contribution in [1.82, 2.24) is 19.3 Å². The van der Waals surface area contributed by atoms with Crippen molar-refractivity contribution in [3.05, 3.63) is 64.0 Å². The Morgan fingerprint density at radius 2 is 1.46 bits per heavy atom. The molecule has 0 atom stereocenters. The number of rotatable bonds is 6. The highest BCUT2D eigenvalue weighted by Gasteiger charge is 2.33. The van der Waals surface area contributed by atoms with Gasteiger partial charge in [0.2, 0.25) is 27.6 Å². The summed E-state index contributed by atoms with van der Waals surface area (Å²) < 4.78 is 33.9. The molecule has 4 rings (SSSR count). The zero-order valence-electron chi connectivity index (χ0n) is 21.0. The number of carbonyl (C=O) groups excluding carboxylic acids is 1. The number of nitrogens with zero attached hydrogens (tertiary/aromatic N) is 4. The van der Waals surface area contributed by atoms with Crippen LogP contribution in [0.25, 0.3) is 11.4 Å². The molecule has 1 saturated heterocycles. The Labute approximate surface area is 207 Å². The largest absolute Gasteiger partial charge is 0.340 e.